The third-order valence-corrected chi connectivity index (χ3v) is 6.33. The zero-order chi connectivity index (χ0) is 21.3. The normalized spacial score (nSPS) is 14.3. The van der Waals surface area contributed by atoms with Crippen LogP contribution in [0.4, 0.5) is 4.79 Å². The SMILES string of the molecule is Cc1nn(Cc2ccccc2)c(Cl)c1CN1C(=O)C(=O)N(CCc2cccs2)C1=O. The molecule has 1 aliphatic heterocycles. The van der Waals surface area contributed by atoms with Crippen molar-refractivity contribution < 1.29 is 14.4 Å². The van der Waals surface area contributed by atoms with Gasteiger partial charge in [0.15, 0.2) is 0 Å². The summed E-state index contributed by atoms with van der Waals surface area (Å²) >= 11 is 8.05. The standard InChI is InChI=1S/C21H19ClN4O3S/c1-14-17(18(22)26(23-14)12-15-6-3-2-4-7-15)13-25-20(28)19(27)24(21(25)29)10-9-16-8-5-11-30-16/h2-8,11H,9-10,12-13H2,1H3. The molecular formula is C21H19ClN4O3S. The Morgan fingerprint density at radius 2 is 1.70 bits per heavy atom. The van der Waals surface area contributed by atoms with Crippen molar-refractivity contribution in [2.75, 3.05) is 6.54 Å². The fourth-order valence-electron chi connectivity index (χ4n) is 3.35. The molecule has 3 aromatic rings. The number of thiophene rings is 1. The van der Waals surface area contributed by atoms with Gasteiger partial charge in [0.05, 0.1) is 18.8 Å². The first-order chi connectivity index (χ1) is 14.5. The van der Waals surface area contributed by atoms with Crippen molar-refractivity contribution in [3.8, 4) is 0 Å². The van der Waals surface area contributed by atoms with Crippen molar-refractivity contribution in [1.82, 2.24) is 19.6 Å². The molecule has 0 aliphatic carbocycles. The molecule has 1 aliphatic rings. The summed E-state index contributed by atoms with van der Waals surface area (Å²) in [4.78, 5) is 40.6. The molecule has 3 heterocycles. The molecule has 154 valence electrons. The Morgan fingerprint density at radius 1 is 0.967 bits per heavy atom. The summed E-state index contributed by atoms with van der Waals surface area (Å²) in [6.07, 6.45) is 0.519. The number of aromatic nitrogens is 2. The van der Waals surface area contributed by atoms with E-state index in [-0.39, 0.29) is 13.1 Å². The van der Waals surface area contributed by atoms with Crippen molar-refractivity contribution >= 4 is 40.8 Å². The van der Waals surface area contributed by atoms with Gasteiger partial charge in [-0.15, -0.1) is 11.3 Å². The maximum Gasteiger partial charge on any atom is 0.334 e. The Bertz CT molecular complexity index is 1100. The van der Waals surface area contributed by atoms with E-state index in [0.29, 0.717) is 29.4 Å². The van der Waals surface area contributed by atoms with Gasteiger partial charge in [0.2, 0.25) is 0 Å². The van der Waals surface area contributed by atoms with Crippen molar-refractivity contribution in [2.24, 2.45) is 0 Å². The van der Waals surface area contributed by atoms with Crippen molar-refractivity contribution in [3.63, 3.8) is 0 Å². The molecule has 9 heteroatoms. The van der Waals surface area contributed by atoms with Gasteiger partial charge in [0, 0.05) is 23.4 Å². The van der Waals surface area contributed by atoms with Gasteiger partial charge in [-0.1, -0.05) is 48.0 Å². The number of aryl methyl sites for hydroxylation is 1. The van der Waals surface area contributed by atoms with E-state index in [0.717, 1.165) is 20.2 Å². The van der Waals surface area contributed by atoms with Crippen LogP contribution in [0.3, 0.4) is 0 Å². The van der Waals surface area contributed by atoms with Gasteiger partial charge in [0.1, 0.15) is 5.15 Å². The van der Waals surface area contributed by atoms with Crippen LogP contribution in [0, 0.1) is 6.92 Å². The number of hydrogen-bond acceptors (Lipinski definition) is 5. The molecule has 0 atom stereocenters. The number of urea groups is 1. The van der Waals surface area contributed by atoms with Gasteiger partial charge >= 0.3 is 17.8 Å². The van der Waals surface area contributed by atoms with Crippen LogP contribution in [-0.2, 0) is 29.1 Å². The summed E-state index contributed by atoms with van der Waals surface area (Å²) in [5.74, 6) is -1.64. The molecule has 2 aromatic heterocycles. The van der Waals surface area contributed by atoms with Crippen LogP contribution < -0.4 is 0 Å². The summed E-state index contributed by atoms with van der Waals surface area (Å²) in [7, 11) is 0. The number of carbonyl (C=O) groups is 3. The van der Waals surface area contributed by atoms with Gasteiger partial charge < -0.3 is 0 Å². The number of rotatable bonds is 7. The number of amides is 4. The van der Waals surface area contributed by atoms with E-state index in [9.17, 15) is 14.4 Å². The second kappa shape index (κ2) is 8.41. The van der Waals surface area contributed by atoms with E-state index < -0.39 is 17.8 Å². The number of halogens is 1. The van der Waals surface area contributed by atoms with Crippen LogP contribution in [0.25, 0.3) is 0 Å². The summed E-state index contributed by atoms with van der Waals surface area (Å²) in [5, 5.41) is 6.72. The molecule has 30 heavy (non-hydrogen) atoms. The molecule has 0 bridgehead atoms. The first kappa shape index (κ1) is 20.3. The molecule has 7 nitrogen and oxygen atoms in total. The third-order valence-electron chi connectivity index (χ3n) is 4.97. The Hall–Kier alpha value is -2.97. The number of benzene rings is 1. The molecule has 1 saturated heterocycles. The molecule has 1 fully saturated rings. The lowest BCUT2D eigenvalue weighted by Gasteiger charge is -2.15. The lowest BCUT2D eigenvalue weighted by molar-refractivity contribution is -0.143. The Balaban J connectivity index is 1.50. The molecule has 0 unspecified atom stereocenters. The highest BCUT2D eigenvalue weighted by Gasteiger charge is 2.44. The lowest BCUT2D eigenvalue weighted by Crippen LogP contribution is -2.34. The fraction of sp³-hybridized carbons (Fsp3) is 0.238. The summed E-state index contributed by atoms with van der Waals surface area (Å²) in [5.41, 5.74) is 2.19. The second-order valence-electron chi connectivity index (χ2n) is 6.96. The third kappa shape index (κ3) is 3.88. The van der Waals surface area contributed by atoms with E-state index in [1.54, 1.807) is 22.9 Å². The average Bonchev–Trinajstić information content (AvgIpc) is 3.40. The topological polar surface area (TPSA) is 75.5 Å². The second-order valence-corrected chi connectivity index (χ2v) is 8.35. The molecule has 0 spiro atoms. The number of hydrogen-bond donors (Lipinski definition) is 0. The quantitative estimate of drug-likeness (QED) is 0.414. The summed E-state index contributed by atoms with van der Waals surface area (Å²) < 4.78 is 1.63. The molecule has 4 rings (SSSR count). The smallest absolute Gasteiger partial charge is 0.263 e. The van der Waals surface area contributed by atoms with Crippen LogP contribution in [0.1, 0.15) is 21.7 Å². The lowest BCUT2D eigenvalue weighted by atomic mass is 10.2. The van der Waals surface area contributed by atoms with Crippen LogP contribution in [0.5, 0.6) is 0 Å². The molecule has 0 radical (unpaired) electrons. The highest BCUT2D eigenvalue weighted by atomic mass is 35.5. The van der Waals surface area contributed by atoms with Crippen LogP contribution in [-0.4, -0.2) is 44.0 Å². The van der Waals surface area contributed by atoms with Crippen molar-refractivity contribution in [2.45, 2.75) is 26.4 Å². The highest BCUT2D eigenvalue weighted by molar-refractivity contribution is 7.09. The zero-order valence-corrected chi connectivity index (χ0v) is 17.8. The van der Waals surface area contributed by atoms with E-state index in [1.807, 2.05) is 47.8 Å². The van der Waals surface area contributed by atoms with Crippen LogP contribution in [0.15, 0.2) is 47.8 Å². The molecule has 0 saturated carbocycles. The van der Waals surface area contributed by atoms with Gasteiger partial charge in [0.25, 0.3) is 0 Å². The minimum Gasteiger partial charge on any atom is -0.263 e. The Morgan fingerprint density at radius 3 is 2.40 bits per heavy atom. The van der Waals surface area contributed by atoms with E-state index in [1.165, 1.54) is 0 Å². The summed E-state index contributed by atoms with van der Waals surface area (Å²) in [6, 6.07) is 12.9. The number of carbonyl (C=O) groups excluding carboxylic acids is 3. The summed E-state index contributed by atoms with van der Waals surface area (Å²) in [6.45, 7) is 2.32. The van der Waals surface area contributed by atoms with E-state index in [2.05, 4.69) is 5.10 Å². The molecule has 1 aromatic carbocycles. The molecular weight excluding hydrogens is 424 g/mol. The minimum absolute atomic E-state index is 0.0850. The van der Waals surface area contributed by atoms with Crippen molar-refractivity contribution in [1.29, 1.82) is 0 Å². The predicted molar refractivity (Wildman–Crippen MR) is 113 cm³/mol. The molecule has 0 N–H and O–H groups in total. The number of imide groups is 2. The Kier molecular flexibility index (Phi) is 5.69. The maximum atomic E-state index is 12.8. The van der Waals surface area contributed by atoms with Gasteiger partial charge in [-0.2, -0.15) is 5.10 Å². The maximum absolute atomic E-state index is 12.8. The monoisotopic (exact) mass is 442 g/mol. The fourth-order valence-corrected chi connectivity index (χ4v) is 4.35. The largest absolute Gasteiger partial charge is 0.334 e. The van der Waals surface area contributed by atoms with E-state index in [4.69, 9.17) is 11.6 Å². The zero-order valence-electron chi connectivity index (χ0n) is 16.2. The Labute approximate surface area is 182 Å². The van der Waals surface area contributed by atoms with Crippen molar-refractivity contribution in [3.05, 3.63) is 74.7 Å². The van der Waals surface area contributed by atoms with Crippen LogP contribution >= 0.6 is 22.9 Å². The minimum atomic E-state index is -0.836. The van der Waals surface area contributed by atoms with E-state index >= 15 is 0 Å². The first-order valence-corrected chi connectivity index (χ1v) is 10.7. The average molecular weight is 443 g/mol. The van der Waals surface area contributed by atoms with Gasteiger partial charge in [-0.25, -0.2) is 9.48 Å². The first-order valence-electron chi connectivity index (χ1n) is 9.41. The highest BCUT2D eigenvalue weighted by Crippen LogP contribution is 2.25. The number of nitrogens with zero attached hydrogens (tertiary/aromatic N) is 4. The molecule has 4 amide bonds. The van der Waals surface area contributed by atoms with Crippen LogP contribution in [0.2, 0.25) is 5.15 Å². The van der Waals surface area contributed by atoms with Gasteiger partial charge in [-0.3, -0.25) is 19.4 Å². The van der Waals surface area contributed by atoms with Gasteiger partial charge in [-0.05, 0) is 23.9 Å². The predicted octanol–water partition coefficient (Wildman–Crippen LogP) is 3.49.